The highest BCUT2D eigenvalue weighted by Crippen LogP contribution is 2.44. The zero-order chi connectivity index (χ0) is 24.1. The van der Waals surface area contributed by atoms with Crippen molar-refractivity contribution < 1.29 is 24.2 Å². The number of hydrogen-bond acceptors (Lipinski definition) is 4. The fourth-order valence-electron chi connectivity index (χ4n) is 4.67. The average molecular weight is 465 g/mol. The maximum Gasteiger partial charge on any atom is 0.407 e. The molecule has 7 nitrogen and oxygen atoms in total. The van der Waals surface area contributed by atoms with E-state index in [2.05, 4.69) is 34.9 Å². The Morgan fingerprint density at radius 1 is 0.941 bits per heavy atom. The van der Waals surface area contributed by atoms with E-state index in [4.69, 9.17) is 4.74 Å². The minimum absolute atomic E-state index is 0.0251. The molecular formula is C27H32N2O5. The van der Waals surface area contributed by atoms with Crippen LogP contribution in [0.2, 0.25) is 0 Å². The predicted molar refractivity (Wildman–Crippen MR) is 128 cm³/mol. The maximum atomic E-state index is 12.6. The Morgan fingerprint density at radius 2 is 1.53 bits per heavy atom. The lowest BCUT2D eigenvalue weighted by Gasteiger charge is -2.19. The van der Waals surface area contributed by atoms with E-state index >= 15 is 0 Å². The van der Waals surface area contributed by atoms with Crippen LogP contribution in [0.25, 0.3) is 11.1 Å². The van der Waals surface area contributed by atoms with Gasteiger partial charge in [0.15, 0.2) is 0 Å². The van der Waals surface area contributed by atoms with E-state index in [9.17, 15) is 19.5 Å². The molecule has 1 saturated carbocycles. The third kappa shape index (κ3) is 5.58. The molecule has 0 heterocycles. The number of carbonyl (C=O) groups excluding carboxylic acids is 2. The summed E-state index contributed by atoms with van der Waals surface area (Å²) >= 11 is 0. The fourth-order valence-corrected chi connectivity index (χ4v) is 4.67. The van der Waals surface area contributed by atoms with E-state index in [0.29, 0.717) is 18.8 Å². The molecule has 34 heavy (non-hydrogen) atoms. The lowest BCUT2D eigenvalue weighted by molar-refractivity contribution is -0.142. The van der Waals surface area contributed by atoms with Gasteiger partial charge >= 0.3 is 12.1 Å². The van der Waals surface area contributed by atoms with Crippen LogP contribution in [0, 0.1) is 17.8 Å². The van der Waals surface area contributed by atoms with Crippen molar-refractivity contribution in [3.05, 3.63) is 59.7 Å². The highest BCUT2D eigenvalue weighted by Gasteiger charge is 2.31. The van der Waals surface area contributed by atoms with Crippen LogP contribution < -0.4 is 10.6 Å². The van der Waals surface area contributed by atoms with Crippen LogP contribution in [0.3, 0.4) is 0 Å². The Morgan fingerprint density at radius 3 is 2.09 bits per heavy atom. The van der Waals surface area contributed by atoms with Crippen LogP contribution in [0.1, 0.15) is 49.7 Å². The zero-order valence-electron chi connectivity index (χ0n) is 19.5. The first-order valence-corrected chi connectivity index (χ1v) is 12.1. The van der Waals surface area contributed by atoms with Crippen LogP contribution in [-0.2, 0) is 14.3 Å². The fraction of sp³-hybridized carbons (Fsp3) is 0.444. The van der Waals surface area contributed by atoms with Crippen LogP contribution >= 0.6 is 0 Å². The van der Waals surface area contributed by atoms with Crippen molar-refractivity contribution in [1.82, 2.24) is 10.6 Å². The Labute approximate surface area is 199 Å². The first-order chi connectivity index (χ1) is 16.5. The third-order valence-corrected chi connectivity index (χ3v) is 6.89. The average Bonchev–Trinajstić information content (AvgIpc) is 3.61. The van der Waals surface area contributed by atoms with Crippen LogP contribution in [0.4, 0.5) is 4.79 Å². The van der Waals surface area contributed by atoms with Crippen molar-refractivity contribution in [3.8, 4) is 11.1 Å². The molecule has 2 aromatic rings. The monoisotopic (exact) mass is 464 g/mol. The number of aliphatic carboxylic acids is 1. The summed E-state index contributed by atoms with van der Waals surface area (Å²) < 4.78 is 5.54. The quantitative estimate of drug-likeness (QED) is 0.463. The standard InChI is InChI=1S/C27H32N2O5/c1-2-18(25(30)28-15-19(26(31)32)13-17-11-12-17)14-29-27(33)34-16-24-22-9-5-3-7-20(22)21-8-4-6-10-23(21)24/h3-10,17-19,24H,2,11-16H2,1H3,(H,28,30)(H,29,33)(H,31,32). The van der Waals surface area contributed by atoms with Gasteiger partial charge in [0.1, 0.15) is 6.61 Å². The van der Waals surface area contributed by atoms with E-state index in [1.165, 1.54) is 0 Å². The maximum absolute atomic E-state index is 12.6. The first-order valence-electron chi connectivity index (χ1n) is 12.1. The number of rotatable bonds is 11. The smallest absolute Gasteiger partial charge is 0.407 e. The van der Waals surface area contributed by atoms with E-state index < -0.39 is 23.9 Å². The summed E-state index contributed by atoms with van der Waals surface area (Å²) in [4.78, 5) is 36.4. The number of fused-ring (bicyclic) bond motifs is 3. The van der Waals surface area contributed by atoms with Crippen LogP contribution in [0.5, 0.6) is 0 Å². The normalized spacial score (nSPS) is 16.1. The van der Waals surface area contributed by atoms with Gasteiger partial charge < -0.3 is 20.5 Å². The summed E-state index contributed by atoms with van der Waals surface area (Å²) in [6, 6.07) is 16.3. The number of carboxylic acids is 1. The number of alkyl carbamates (subject to hydrolysis) is 1. The Balaban J connectivity index is 1.26. The molecule has 7 heteroatoms. The number of nitrogens with one attached hydrogen (secondary N) is 2. The molecule has 2 unspecified atom stereocenters. The lowest BCUT2D eigenvalue weighted by Crippen LogP contribution is -2.41. The summed E-state index contributed by atoms with van der Waals surface area (Å²) in [5.74, 6) is -1.70. The predicted octanol–water partition coefficient (Wildman–Crippen LogP) is 4.17. The molecule has 180 valence electrons. The number of ether oxygens (including phenoxy) is 1. The van der Waals surface area contributed by atoms with Crippen molar-refractivity contribution >= 4 is 18.0 Å². The van der Waals surface area contributed by atoms with Gasteiger partial charge in [0.25, 0.3) is 0 Å². The minimum Gasteiger partial charge on any atom is -0.481 e. The molecule has 3 N–H and O–H groups in total. The highest BCUT2D eigenvalue weighted by atomic mass is 16.5. The summed E-state index contributed by atoms with van der Waals surface area (Å²) in [5.41, 5.74) is 4.61. The Kier molecular flexibility index (Phi) is 7.50. The number of amides is 2. The second-order valence-electron chi connectivity index (χ2n) is 9.27. The molecular weight excluding hydrogens is 432 g/mol. The minimum atomic E-state index is -0.878. The van der Waals surface area contributed by atoms with Crippen molar-refractivity contribution in [1.29, 1.82) is 0 Å². The van der Waals surface area contributed by atoms with Gasteiger partial charge in [-0.3, -0.25) is 9.59 Å². The Bertz CT molecular complexity index is 1000. The summed E-state index contributed by atoms with van der Waals surface area (Å²) in [5, 5.41) is 14.8. The van der Waals surface area contributed by atoms with Gasteiger partial charge in [-0.2, -0.15) is 0 Å². The van der Waals surface area contributed by atoms with Gasteiger partial charge in [0.05, 0.1) is 11.8 Å². The number of benzene rings is 2. The number of hydrogen-bond donors (Lipinski definition) is 3. The molecule has 1 fully saturated rings. The van der Waals surface area contributed by atoms with Gasteiger partial charge in [0.2, 0.25) is 5.91 Å². The molecule has 2 aromatic carbocycles. The molecule has 0 aromatic heterocycles. The topological polar surface area (TPSA) is 105 Å². The van der Waals surface area contributed by atoms with Gasteiger partial charge in [0, 0.05) is 19.0 Å². The van der Waals surface area contributed by atoms with Gasteiger partial charge in [-0.15, -0.1) is 0 Å². The number of carbonyl (C=O) groups is 3. The molecule has 2 aliphatic rings. The van der Waals surface area contributed by atoms with Gasteiger partial charge in [-0.05, 0) is 41.0 Å². The van der Waals surface area contributed by atoms with E-state index in [-0.39, 0.29) is 31.5 Å². The van der Waals surface area contributed by atoms with Crippen LogP contribution in [-0.4, -0.2) is 42.8 Å². The largest absolute Gasteiger partial charge is 0.481 e. The van der Waals surface area contributed by atoms with Gasteiger partial charge in [-0.25, -0.2) is 4.79 Å². The summed E-state index contributed by atoms with van der Waals surface area (Å²) in [6.45, 7) is 2.33. The summed E-state index contributed by atoms with van der Waals surface area (Å²) in [7, 11) is 0. The molecule has 2 amide bonds. The second-order valence-corrected chi connectivity index (χ2v) is 9.27. The molecule has 2 atom stereocenters. The Hall–Kier alpha value is -3.35. The highest BCUT2D eigenvalue weighted by molar-refractivity contribution is 5.81. The zero-order valence-corrected chi connectivity index (χ0v) is 19.5. The van der Waals surface area contributed by atoms with Crippen LogP contribution in [0.15, 0.2) is 48.5 Å². The lowest BCUT2D eigenvalue weighted by atomic mass is 9.98. The molecule has 2 aliphatic carbocycles. The van der Waals surface area contributed by atoms with Crippen molar-refractivity contribution in [2.45, 2.75) is 38.5 Å². The summed E-state index contributed by atoms with van der Waals surface area (Å²) in [6.07, 6.45) is 2.70. The van der Waals surface area contributed by atoms with E-state index in [1.54, 1.807) is 0 Å². The van der Waals surface area contributed by atoms with Crippen molar-refractivity contribution in [3.63, 3.8) is 0 Å². The first kappa shape index (κ1) is 23.8. The van der Waals surface area contributed by atoms with E-state index in [0.717, 1.165) is 35.1 Å². The molecule has 0 saturated heterocycles. The molecule has 0 aliphatic heterocycles. The molecule has 4 rings (SSSR count). The SMILES string of the molecule is CCC(CNC(=O)OCC1c2ccccc2-c2ccccc21)C(=O)NCC(CC1CC1)C(=O)O. The molecule has 0 radical (unpaired) electrons. The molecule has 0 bridgehead atoms. The number of carboxylic acid groups (broad SMARTS) is 1. The third-order valence-electron chi connectivity index (χ3n) is 6.89. The van der Waals surface area contributed by atoms with Crippen molar-refractivity contribution in [2.24, 2.45) is 17.8 Å². The van der Waals surface area contributed by atoms with Crippen molar-refractivity contribution in [2.75, 3.05) is 19.7 Å². The van der Waals surface area contributed by atoms with E-state index in [1.807, 2.05) is 31.2 Å². The van der Waals surface area contributed by atoms with Gasteiger partial charge in [-0.1, -0.05) is 68.3 Å². The molecule has 0 spiro atoms. The second kappa shape index (κ2) is 10.7.